The smallest absolute Gasteiger partial charge is 0.143 e. The van der Waals surface area contributed by atoms with Gasteiger partial charge in [-0.3, -0.25) is 0 Å². The maximum absolute atomic E-state index is 6.85. The summed E-state index contributed by atoms with van der Waals surface area (Å²) in [4.78, 5) is 3.82. The molecule has 304 valence electrons. The summed E-state index contributed by atoms with van der Waals surface area (Å²) in [6.07, 6.45) is 15.2. The van der Waals surface area contributed by atoms with Crippen molar-refractivity contribution in [3.05, 3.63) is 222 Å². The van der Waals surface area contributed by atoms with Crippen molar-refractivity contribution < 1.29 is 4.42 Å². The molecular weight excluding hydrogens is 797 g/mol. The molecule has 3 heterocycles. The number of fused-ring (bicyclic) bond motifs is 9. The van der Waals surface area contributed by atoms with E-state index >= 15 is 0 Å². The summed E-state index contributed by atoms with van der Waals surface area (Å²) in [6, 6.07) is 66.3. The Morgan fingerprint density at radius 1 is 0.531 bits per heavy atom. The van der Waals surface area contributed by atoms with Gasteiger partial charge in [0.2, 0.25) is 0 Å². The third-order valence-corrected chi connectivity index (χ3v) is 14.5. The standard InChI is InChI=1S/C60H42N2OS/c1-4-14-39(15-5-1)41-24-28-45(29-25-41)61(46-30-33-59-53(36-46)52-34-42(27-32-58(52)64-59)40-16-6-2-7-17-40)47-37-50(60-54(38-47)49-21-11-13-23-57(49)63-60)43-26-31-56-51(35-43)48-20-10-12-22-55(48)62(56)44-18-8-3-9-19-44/h1,3-6,8-33,35-38,42H,2,7,34H2. The van der Waals surface area contributed by atoms with Crippen LogP contribution in [-0.4, -0.2) is 4.57 Å². The monoisotopic (exact) mass is 838 g/mol. The van der Waals surface area contributed by atoms with Gasteiger partial charge >= 0.3 is 0 Å². The molecule has 0 aliphatic heterocycles. The number of hydrogen-bond acceptors (Lipinski definition) is 3. The number of para-hydroxylation sites is 3. The zero-order valence-electron chi connectivity index (χ0n) is 35.1. The van der Waals surface area contributed by atoms with Gasteiger partial charge < -0.3 is 13.9 Å². The lowest BCUT2D eigenvalue weighted by Crippen LogP contribution is -2.11. The summed E-state index contributed by atoms with van der Waals surface area (Å²) in [5.74, 6) is 0.394. The fourth-order valence-electron chi connectivity index (χ4n) is 10.3. The Morgan fingerprint density at radius 3 is 2.09 bits per heavy atom. The van der Waals surface area contributed by atoms with Crippen LogP contribution in [-0.2, 0) is 6.42 Å². The Balaban J connectivity index is 1.03. The summed E-state index contributed by atoms with van der Waals surface area (Å²) in [6.45, 7) is 0. The van der Waals surface area contributed by atoms with Crippen molar-refractivity contribution in [1.82, 2.24) is 4.57 Å². The Morgan fingerprint density at radius 2 is 1.25 bits per heavy atom. The van der Waals surface area contributed by atoms with Crippen molar-refractivity contribution in [3.8, 4) is 27.9 Å². The van der Waals surface area contributed by atoms with E-state index in [0.717, 1.165) is 75.1 Å². The van der Waals surface area contributed by atoms with E-state index in [4.69, 9.17) is 4.42 Å². The molecule has 3 nitrogen and oxygen atoms in total. The highest BCUT2D eigenvalue weighted by Gasteiger charge is 2.25. The Kier molecular flexibility index (Phi) is 8.66. The lowest BCUT2D eigenvalue weighted by molar-refractivity contribution is 0.670. The molecule has 0 spiro atoms. The first kappa shape index (κ1) is 36.9. The number of aromatic nitrogens is 1. The van der Waals surface area contributed by atoms with Gasteiger partial charge in [-0.2, -0.15) is 0 Å². The number of rotatable bonds is 7. The molecular formula is C60H42N2OS. The van der Waals surface area contributed by atoms with Crippen LogP contribution in [0.2, 0.25) is 0 Å². The Labute approximate surface area is 375 Å². The predicted octanol–water partition coefficient (Wildman–Crippen LogP) is 17.2. The van der Waals surface area contributed by atoms with Crippen molar-refractivity contribution >= 4 is 88.3 Å². The molecule has 0 N–H and O–H groups in total. The number of allylic oxidation sites excluding steroid dienone is 5. The first-order valence-electron chi connectivity index (χ1n) is 22.3. The molecule has 0 saturated carbocycles. The third-order valence-electron chi connectivity index (χ3n) is 13.4. The molecule has 2 aliphatic carbocycles. The van der Waals surface area contributed by atoms with Gasteiger partial charge in [0.1, 0.15) is 11.2 Å². The van der Waals surface area contributed by atoms with E-state index < -0.39 is 0 Å². The minimum atomic E-state index is 0.394. The summed E-state index contributed by atoms with van der Waals surface area (Å²) < 4.78 is 10.6. The number of nitrogens with zero attached hydrogens (tertiary/aromatic N) is 2. The zero-order chi connectivity index (χ0) is 42.1. The number of thiophene rings is 1. The van der Waals surface area contributed by atoms with Crippen LogP contribution in [0.25, 0.3) is 87.8 Å². The van der Waals surface area contributed by atoms with Gasteiger partial charge in [0.25, 0.3) is 0 Å². The molecule has 64 heavy (non-hydrogen) atoms. The lowest BCUT2D eigenvalue weighted by atomic mass is 9.84. The predicted molar refractivity (Wildman–Crippen MR) is 272 cm³/mol. The first-order chi connectivity index (χ1) is 31.7. The topological polar surface area (TPSA) is 21.3 Å². The quantitative estimate of drug-likeness (QED) is 0.159. The van der Waals surface area contributed by atoms with E-state index in [2.05, 4.69) is 222 Å². The minimum absolute atomic E-state index is 0.394. The van der Waals surface area contributed by atoms with Gasteiger partial charge in [-0.25, -0.2) is 0 Å². The molecule has 11 aromatic rings. The summed E-state index contributed by atoms with van der Waals surface area (Å²) >= 11 is 1.91. The van der Waals surface area contributed by atoms with Gasteiger partial charge in [-0.15, -0.1) is 11.3 Å². The van der Waals surface area contributed by atoms with Crippen LogP contribution in [0.4, 0.5) is 17.1 Å². The molecule has 0 radical (unpaired) electrons. The van der Waals surface area contributed by atoms with Gasteiger partial charge in [0, 0.05) is 65.4 Å². The van der Waals surface area contributed by atoms with Crippen molar-refractivity contribution in [2.24, 2.45) is 5.92 Å². The lowest BCUT2D eigenvalue weighted by Gasteiger charge is -2.27. The molecule has 3 aromatic heterocycles. The Bertz CT molecular complexity index is 3690. The fraction of sp³-hybridized carbons (Fsp3) is 0.0667. The van der Waals surface area contributed by atoms with Crippen molar-refractivity contribution in [2.45, 2.75) is 19.3 Å². The highest BCUT2D eigenvalue weighted by molar-refractivity contribution is 7.20. The number of benzene rings is 8. The number of furan rings is 1. The van der Waals surface area contributed by atoms with E-state index in [1.54, 1.807) is 0 Å². The Hall–Kier alpha value is -7.66. The van der Waals surface area contributed by atoms with Crippen LogP contribution in [0.3, 0.4) is 0 Å². The molecule has 0 amide bonds. The van der Waals surface area contributed by atoms with E-state index in [9.17, 15) is 0 Å². The second-order valence-electron chi connectivity index (χ2n) is 17.1. The summed E-state index contributed by atoms with van der Waals surface area (Å²) in [5, 5.41) is 5.97. The van der Waals surface area contributed by atoms with Gasteiger partial charge in [0.05, 0.1) is 11.0 Å². The average Bonchev–Trinajstić information content (AvgIpc) is 4.04. The van der Waals surface area contributed by atoms with Crippen LogP contribution >= 0.6 is 11.3 Å². The van der Waals surface area contributed by atoms with Crippen LogP contribution in [0.1, 0.15) is 23.3 Å². The normalized spacial score (nSPS) is 14.8. The largest absolute Gasteiger partial charge is 0.455 e. The first-order valence-corrected chi connectivity index (χ1v) is 23.1. The molecule has 1 atom stereocenters. The third kappa shape index (κ3) is 6.09. The molecule has 4 heteroatoms. The van der Waals surface area contributed by atoms with E-state index in [1.165, 1.54) is 59.0 Å². The van der Waals surface area contributed by atoms with Crippen LogP contribution in [0, 0.1) is 5.92 Å². The molecule has 0 saturated heterocycles. The highest BCUT2D eigenvalue weighted by Crippen LogP contribution is 2.47. The van der Waals surface area contributed by atoms with E-state index in [-0.39, 0.29) is 0 Å². The van der Waals surface area contributed by atoms with Crippen molar-refractivity contribution in [2.75, 3.05) is 4.90 Å². The summed E-state index contributed by atoms with van der Waals surface area (Å²) in [7, 11) is 0. The van der Waals surface area contributed by atoms with Crippen molar-refractivity contribution in [1.29, 1.82) is 0 Å². The molecule has 0 fully saturated rings. The van der Waals surface area contributed by atoms with Gasteiger partial charge in [-0.05, 0) is 137 Å². The second kappa shape index (κ2) is 15.0. The van der Waals surface area contributed by atoms with Crippen molar-refractivity contribution in [3.63, 3.8) is 0 Å². The minimum Gasteiger partial charge on any atom is -0.455 e. The van der Waals surface area contributed by atoms with E-state index in [0.29, 0.717) is 5.92 Å². The molecule has 1 unspecified atom stereocenters. The van der Waals surface area contributed by atoms with Gasteiger partial charge in [0.15, 0.2) is 0 Å². The van der Waals surface area contributed by atoms with E-state index in [1.807, 2.05) is 11.3 Å². The van der Waals surface area contributed by atoms with Crippen LogP contribution in [0.5, 0.6) is 0 Å². The maximum Gasteiger partial charge on any atom is 0.143 e. The van der Waals surface area contributed by atoms with Crippen LogP contribution in [0.15, 0.2) is 216 Å². The molecule has 13 rings (SSSR count). The second-order valence-corrected chi connectivity index (χ2v) is 18.2. The maximum atomic E-state index is 6.85. The fourth-order valence-corrected chi connectivity index (χ4v) is 11.4. The molecule has 8 aromatic carbocycles. The van der Waals surface area contributed by atoms with Crippen LogP contribution < -0.4 is 4.90 Å². The zero-order valence-corrected chi connectivity index (χ0v) is 35.9. The molecule has 0 bridgehead atoms. The summed E-state index contributed by atoms with van der Waals surface area (Å²) in [5.41, 5.74) is 16.0. The number of anilines is 3. The average molecular weight is 839 g/mol. The van der Waals surface area contributed by atoms with Gasteiger partial charge in [-0.1, -0.05) is 127 Å². The SMILES string of the molecule is C1=CC(C2C=Cc3sc4ccc(N(c5ccc(-c6ccccc6)cc5)c5cc(-c6ccc7c(c6)c6ccccc6n7-c6ccccc6)c6oc7ccccc7c6c5)cc4c3C2)=CCC1. The molecule has 2 aliphatic rings. The number of hydrogen-bond donors (Lipinski definition) is 0. The highest BCUT2D eigenvalue weighted by atomic mass is 32.1.